The number of hydrogen-bond donors (Lipinski definition) is 1. The summed E-state index contributed by atoms with van der Waals surface area (Å²) in [6, 6.07) is 13.7. The second-order valence-electron chi connectivity index (χ2n) is 5.37. The molecule has 3 heteroatoms. The summed E-state index contributed by atoms with van der Waals surface area (Å²) in [7, 11) is 0. The second-order valence-corrected chi connectivity index (χ2v) is 5.78. The molecular weight excluding hydrogens is 285 g/mol. The van der Waals surface area contributed by atoms with Crippen LogP contribution in [0.4, 0.5) is 4.39 Å². The number of aryl methyl sites for hydroxylation is 1. The van der Waals surface area contributed by atoms with E-state index in [1.165, 1.54) is 17.2 Å². The van der Waals surface area contributed by atoms with Gasteiger partial charge in [-0.25, -0.2) is 4.39 Å². The molecule has 0 amide bonds. The number of hydrogen-bond acceptors (Lipinski definition) is 1. The molecule has 0 aliphatic carbocycles. The van der Waals surface area contributed by atoms with E-state index in [1.54, 1.807) is 12.1 Å². The minimum atomic E-state index is -0.367. The van der Waals surface area contributed by atoms with Crippen LogP contribution in [0.2, 0.25) is 5.02 Å². The minimum Gasteiger partial charge on any atom is -0.310 e. The van der Waals surface area contributed by atoms with E-state index < -0.39 is 0 Å². The molecule has 0 aliphatic rings. The molecule has 1 nitrogen and oxygen atoms in total. The van der Waals surface area contributed by atoms with Crippen LogP contribution in [0.3, 0.4) is 0 Å². The van der Waals surface area contributed by atoms with E-state index in [2.05, 4.69) is 43.4 Å². The fraction of sp³-hybridized carbons (Fsp3) is 0.333. The van der Waals surface area contributed by atoms with Crippen LogP contribution in [-0.2, 0) is 6.42 Å². The third-order valence-electron chi connectivity index (χ3n) is 3.51. The molecule has 0 spiro atoms. The summed E-state index contributed by atoms with van der Waals surface area (Å²) >= 11 is 5.88. The highest BCUT2D eigenvalue weighted by atomic mass is 35.5. The molecule has 0 fully saturated rings. The van der Waals surface area contributed by atoms with Crippen molar-refractivity contribution in [3.63, 3.8) is 0 Å². The topological polar surface area (TPSA) is 12.0 Å². The first kappa shape index (κ1) is 16.0. The van der Waals surface area contributed by atoms with Gasteiger partial charge in [0.25, 0.3) is 0 Å². The highest BCUT2D eigenvalue weighted by Crippen LogP contribution is 2.23. The van der Waals surface area contributed by atoms with Crippen LogP contribution in [0, 0.1) is 12.7 Å². The van der Waals surface area contributed by atoms with E-state index >= 15 is 0 Å². The van der Waals surface area contributed by atoms with Crippen LogP contribution < -0.4 is 5.32 Å². The van der Waals surface area contributed by atoms with Crippen LogP contribution in [-0.4, -0.2) is 6.54 Å². The van der Waals surface area contributed by atoms with E-state index in [4.69, 9.17) is 11.6 Å². The van der Waals surface area contributed by atoms with Gasteiger partial charge in [0.1, 0.15) is 5.82 Å². The molecular formula is C18H21ClFN. The van der Waals surface area contributed by atoms with Gasteiger partial charge in [0, 0.05) is 6.04 Å². The van der Waals surface area contributed by atoms with Crippen molar-refractivity contribution in [2.24, 2.45) is 0 Å². The maximum atomic E-state index is 13.3. The van der Waals surface area contributed by atoms with Gasteiger partial charge in [0.15, 0.2) is 0 Å². The molecule has 2 aromatic rings. The molecule has 2 rings (SSSR count). The van der Waals surface area contributed by atoms with Gasteiger partial charge in [-0.3, -0.25) is 0 Å². The summed E-state index contributed by atoms with van der Waals surface area (Å²) in [4.78, 5) is 0. The lowest BCUT2D eigenvalue weighted by Gasteiger charge is -2.20. The Morgan fingerprint density at radius 3 is 2.67 bits per heavy atom. The summed E-state index contributed by atoms with van der Waals surface area (Å²) in [5.41, 5.74) is 3.54. The number of rotatable bonds is 6. The van der Waals surface area contributed by atoms with E-state index in [0.29, 0.717) is 0 Å². The van der Waals surface area contributed by atoms with Gasteiger partial charge in [0.2, 0.25) is 0 Å². The minimum absolute atomic E-state index is 0.186. The lowest BCUT2D eigenvalue weighted by atomic mass is 9.97. The van der Waals surface area contributed by atoms with Crippen molar-refractivity contribution >= 4 is 11.6 Å². The lowest BCUT2D eigenvalue weighted by Crippen LogP contribution is -2.24. The Kier molecular flexibility index (Phi) is 5.77. The summed E-state index contributed by atoms with van der Waals surface area (Å²) in [5.74, 6) is -0.367. The maximum Gasteiger partial charge on any atom is 0.141 e. The highest BCUT2D eigenvalue weighted by Gasteiger charge is 2.12. The molecule has 1 N–H and O–H groups in total. The Morgan fingerprint density at radius 1 is 1.19 bits per heavy atom. The summed E-state index contributed by atoms with van der Waals surface area (Å²) in [6.07, 6.45) is 1.87. The zero-order valence-corrected chi connectivity index (χ0v) is 13.3. The molecule has 0 radical (unpaired) electrons. The quantitative estimate of drug-likeness (QED) is 0.785. The smallest absolute Gasteiger partial charge is 0.141 e. The Labute approximate surface area is 131 Å². The van der Waals surface area contributed by atoms with E-state index in [0.717, 1.165) is 24.9 Å². The second kappa shape index (κ2) is 7.58. The molecule has 2 aromatic carbocycles. The Balaban J connectivity index is 2.21. The molecule has 0 aromatic heterocycles. The van der Waals surface area contributed by atoms with E-state index in [-0.39, 0.29) is 16.9 Å². The van der Waals surface area contributed by atoms with Crippen molar-refractivity contribution in [2.75, 3.05) is 6.54 Å². The van der Waals surface area contributed by atoms with Crippen LogP contribution in [0.15, 0.2) is 42.5 Å². The largest absolute Gasteiger partial charge is 0.310 e. The Morgan fingerprint density at radius 2 is 2.00 bits per heavy atom. The maximum absolute atomic E-state index is 13.3. The van der Waals surface area contributed by atoms with Gasteiger partial charge in [0.05, 0.1) is 5.02 Å². The van der Waals surface area contributed by atoms with Crippen molar-refractivity contribution < 1.29 is 4.39 Å². The van der Waals surface area contributed by atoms with Crippen LogP contribution in [0.25, 0.3) is 0 Å². The molecule has 1 unspecified atom stereocenters. The van der Waals surface area contributed by atoms with Crippen LogP contribution in [0.1, 0.15) is 36.1 Å². The normalized spacial score (nSPS) is 12.4. The van der Waals surface area contributed by atoms with Gasteiger partial charge >= 0.3 is 0 Å². The van der Waals surface area contributed by atoms with Gasteiger partial charge < -0.3 is 5.32 Å². The number of benzene rings is 2. The van der Waals surface area contributed by atoms with Crippen LogP contribution in [0.5, 0.6) is 0 Å². The van der Waals surface area contributed by atoms with Crippen LogP contribution >= 0.6 is 11.6 Å². The summed E-state index contributed by atoms with van der Waals surface area (Å²) in [5, 5.41) is 3.74. The first-order chi connectivity index (χ1) is 10.1. The number of halogens is 2. The molecule has 21 heavy (non-hydrogen) atoms. The summed E-state index contributed by atoms with van der Waals surface area (Å²) < 4.78 is 13.3. The van der Waals surface area contributed by atoms with Crippen molar-refractivity contribution in [1.82, 2.24) is 5.32 Å². The third kappa shape index (κ3) is 4.55. The summed E-state index contributed by atoms with van der Waals surface area (Å²) in [6.45, 7) is 5.19. The molecule has 0 saturated heterocycles. The standard InChI is InChI=1S/C18H21ClFN/c1-3-9-21-18(15-6-4-5-13(2)10-15)12-14-7-8-17(20)16(19)11-14/h4-8,10-11,18,21H,3,9,12H2,1-2H3. The Bertz CT molecular complexity index is 598. The SMILES string of the molecule is CCCNC(Cc1ccc(F)c(Cl)c1)c1cccc(C)c1. The van der Waals surface area contributed by atoms with Gasteiger partial charge in [-0.1, -0.05) is 54.4 Å². The first-order valence-electron chi connectivity index (χ1n) is 7.34. The van der Waals surface area contributed by atoms with E-state index in [1.807, 2.05) is 0 Å². The first-order valence-corrected chi connectivity index (χ1v) is 7.72. The van der Waals surface area contributed by atoms with E-state index in [9.17, 15) is 4.39 Å². The number of nitrogens with one attached hydrogen (secondary N) is 1. The molecule has 0 bridgehead atoms. The van der Waals surface area contributed by atoms with Crippen molar-refractivity contribution in [1.29, 1.82) is 0 Å². The van der Waals surface area contributed by atoms with Gasteiger partial charge in [-0.15, -0.1) is 0 Å². The predicted octanol–water partition coefficient (Wildman–Crippen LogP) is 5.07. The van der Waals surface area contributed by atoms with Gasteiger partial charge in [-0.2, -0.15) is 0 Å². The highest BCUT2D eigenvalue weighted by molar-refractivity contribution is 6.30. The molecule has 0 aliphatic heterocycles. The molecule has 1 atom stereocenters. The van der Waals surface area contributed by atoms with Crippen molar-refractivity contribution in [3.8, 4) is 0 Å². The van der Waals surface area contributed by atoms with Crippen molar-refractivity contribution in [3.05, 3.63) is 70.0 Å². The zero-order chi connectivity index (χ0) is 15.2. The van der Waals surface area contributed by atoms with Gasteiger partial charge in [-0.05, 0) is 49.6 Å². The fourth-order valence-electron chi connectivity index (χ4n) is 2.42. The van der Waals surface area contributed by atoms with Crippen molar-refractivity contribution in [2.45, 2.75) is 32.7 Å². The molecule has 0 saturated carbocycles. The fourth-order valence-corrected chi connectivity index (χ4v) is 2.62. The third-order valence-corrected chi connectivity index (χ3v) is 3.80. The molecule has 112 valence electrons. The average Bonchev–Trinajstić information content (AvgIpc) is 2.47. The monoisotopic (exact) mass is 305 g/mol. The predicted molar refractivity (Wildman–Crippen MR) is 87.3 cm³/mol. The Hall–Kier alpha value is -1.38. The average molecular weight is 306 g/mol. The molecule has 0 heterocycles. The zero-order valence-electron chi connectivity index (χ0n) is 12.5. The lowest BCUT2D eigenvalue weighted by molar-refractivity contribution is 0.528.